The first-order valence-corrected chi connectivity index (χ1v) is 17.7. The summed E-state index contributed by atoms with van der Waals surface area (Å²) in [5, 5.41) is 2.97. The second-order valence-electron chi connectivity index (χ2n) is 13.2. The lowest BCUT2D eigenvalue weighted by molar-refractivity contribution is -0.133. The van der Waals surface area contributed by atoms with Crippen LogP contribution in [-0.4, -0.2) is 92.0 Å². The molecule has 222 valence electrons. The number of nitrogens with zero attached hydrogens (tertiary/aromatic N) is 4. The molecule has 3 aliphatic heterocycles. The molecule has 0 radical (unpaired) electrons. The van der Waals surface area contributed by atoms with Crippen LogP contribution in [0.5, 0.6) is 0 Å². The van der Waals surface area contributed by atoms with Crippen molar-refractivity contribution in [1.29, 1.82) is 0 Å². The smallest absolute Gasteiger partial charge is 0.320 e. The van der Waals surface area contributed by atoms with E-state index in [9.17, 15) is 9.59 Å². The van der Waals surface area contributed by atoms with Crippen LogP contribution in [0.15, 0.2) is 42.6 Å². The predicted octanol–water partition coefficient (Wildman–Crippen LogP) is 4.35. The van der Waals surface area contributed by atoms with Gasteiger partial charge in [-0.05, 0) is 47.8 Å². The van der Waals surface area contributed by atoms with Gasteiger partial charge in [0.25, 0.3) is 0 Å². The van der Waals surface area contributed by atoms with Gasteiger partial charge >= 0.3 is 6.03 Å². The van der Waals surface area contributed by atoms with Gasteiger partial charge in [-0.15, -0.1) is 0 Å². The average molecular weight is 580 g/mol. The van der Waals surface area contributed by atoms with Crippen molar-refractivity contribution in [2.75, 3.05) is 51.3 Å². The molecular weight excluding hydrogens is 534 g/mol. The summed E-state index contributed by atoms with van der Waals surface area (Å²) in [4.78, 5) is 36.4. The number of carbonyl (C=O) groups excluding carboxylic acids is 2. The molecule has 1 aromatic carbocycles. The molecule has 1 N–H and O–H groups in total. The number of benzene rings is 1. The van der Waals surface area contributed by atoms with E-state index in [0.29, 0.717) is 45.1 Å². The van der Waals surface area contributed by atoms with Gasteiger partial charge in [0.05, 0.1) is 49.4 Å². The zero-order chi connectivity index (χ0) is 29.2. The topological polar surface area (TPSA) is 87.2 Å². The molecule has 0 spiro atoms. The molecule has 0 saturated carbocycles. The van der Waals surface area contributed by atoms with Gasteiger partial charge in [-0.1, -0.05) is 45.0 Å². The summed E-state index contributed by atoms with van der Waals surface area (Å²) in [5.74, 6) is -0.127. The number of ether oxygens (including phenoxy) is 1. The monoisotopic (exact) mass is 579 g/mol. The fraction of sp³-hybridized carbons (Fsp3) is 0.581. The number of rotatable bonds is 10. The molecule has 0 aliphatic carbocycles. The summed E-state index contributed by atoms with van der Waals surface area (Å²) in [5.41, 5.74) is 4.29. The SMILES string of the molecule is CC(C)(C)[Si](C)(C)O[C@H](CN1CCc2ccccc2C1)CN1CCN(Cc2ccc(NC(=O)C3COC3)cn2)C1=O. The number of pyridine rings is 1. The van der Waals surface area contributed by atoms with Crippen molar-refractivity contribution < 1.29 is 18.8 Å². The Balaban J connectivity index is 1.20. The summed E-state index contributed by atoms with van der Waals surface area (Å²) in [7, 11) is -2.04. The molecule has 3 aliphatic rings. The van der Waals surface area contributed by atoms with E-state index in [4.69, 9.17) is 9.16 Å². The Kier molecular flexibility index (Phi) is 8.84. The summed E-state index contributed by atoms with van der Waals surface area (Å²) < 4.78 is 12.1. The van der Waals surface area contributed by atoms with Gasteiger partial charge in [0.15, 0.2) is 8.32 Å². The van der Waals surface area contributed by atoms with E-state index < -0.39 is 8.32 Å². The average Bonchev–Trinajstić information content (AvgIpc) is 3.21. The number of aromatic nitrogens is 1. The molecule has 4 heterocycles. The normalized spacial score (nSPS) is 19.2. The summed E-state index contributed by atoms with van der Waals surface area (Å²) in [6.45, 7) is 17.4. The van der Waals surface area contributed by atoms with Crippen molar-refractivity contribution >= 4 is 25.9 Å². The highest BCUT2D eigenvalue weighted by atomic mass is 28.4. The van der Waals surface area contributed by atoms with E-state index in [1.54, 1.807) is 6.20 Å². The van der Waals surface area contributed by atoms with Gasteiger partial charge < -0.3 is 24.3 Å². The van der Waals surface area contributed by atoms with Crippen molar-refractivity contribution in [2.24, 2.45) is 5.92 Å². The lowest BCUT2D eigenvalue weighted by Crippen LogP contribution is -2.51. The van der Waals surface area contributed by atoms with Crippen molar-refractivity contribution in [3.05, 3.63) is 59.4 Å². The van der Waals surface area contributed by atoms with Crippen LogP contribution < -0.4 is 5.32 Å². The molecule has 3 amide bonds. The molecule has 10 heteroatoms. The van der Waals surface area contributed by atoms with E-state index >= 15 is 0 Å². The Labute approximate surface area is 245 Å². The van der Waals surface area contributed by atoms with Crippen molar-refractivity contribution in [3.8, 4) is 0 Å². The Morgan fingerprint density at radius 2 is 1.80 bits per heavy atom. The van der Waals surface area contributed by atoms with Crippen LogP contribution in [0.1, 0.15) is 37.6 Å². The van der Waals surface area contributed by atoms with Crippen LogP contribution in [-0.2, 0) is 33.5 Å². The molecular formula is C31H45N5O4Si. The van der Waals surface area contributed by atoms with Gasteiger partial charge in [0.1, 0.15) is 0 Å². The number of hydrogen-bond donors (Lipinski definition) is 1. The lowest BCUT2D eigenvalue weighted by atomic mass is 10.00. The van der Waals surface area contributed by atoms with Crippen LogP contribution in [0.2, 0.25) is 18.1 Å². The summed E-state index contributed by atoms with van der Waals surface area (Å²) in [6, 6.07) is 12.4. The minimum atomic E-state index is -2.04. The van der Waals surface area contributed by atoms with Crippen LogP contribution in [0, 0.1) is 5.92 Å². The zero-order valence-electron chi connectivity index (χ0n) is 25.2. The highest BCUT2D eigenvalue weighted by molar-refractivity contribution is 6.74. The Bertz CT molecular complexity index is 1230. The standard InChI is InChI=1S/C31H45N5O4Si/c1-31(2,3)41(4,5)40-28(19-34-13-12-23-8-6-7-9-24(23)17-34)20-36-15-14-35(30(36)38)18-27-11-10-26(16-32-27)33-29(37)25-21-39-22-25/h6-11,16,25,28H,12-15,17-22H2,1-5H3,(H,33,37)/t28-/m1/s1. The van der Waals surface area contributed by atoms with Gasteiger partial charge in [-0.3, -0.25) is 14.7 Å². The van der Waals surface area contributed by atoms with E-state index in [1.807, 2.05) is 21.9 Å². The van der Waals surface area contributed by atoms with Gasteiger partial charge in [0.2, 0.25) is 5.91 Å². The number of hydrogen-bond acceptors (Lipinski definition) is 6. The van der Waals surface area contributed by atoms with Crippen molar-refractivity contribution in [2.45, 2.75) is 64.5 Å². The molecule has 0 unspecified atom stereocenters. The molecule has 5 rings (SSSR count). The third-order valence-corrected chi connectivity index (χ3v) is 13.5. The number of fused-ring (bicyclic) bond motifs is 1. The van der Waals surface area contributed by atoms with Gasteiger partial charge in [0, 0.05) is 39.3 Å². The van der Waals surface area contributed by atoms with Crippen LogP contribution in [0.3, 0.4) is 0 Å². The highest BCUT2D eigenvalue weighted by Gasteiger charge is 2.41. The lowest BCUT2D eigenvalue weighted by Gasteiger charge is -2.42. The van der Waals surface area contributed by atoms with E-state index in [1.165, 1.54) is 11.1 Å². The number of amides is 3. The minimum absolute atomic E-state index is 0.0296. The number of nitrogens with one attached hydrogen (secondary N) is 1. The maximum atomic E-state index is 13.5. The molecule has 41 heavy (non-hydrogen) atoms. The van der Waals surface area contributed by atoms with Crippen molar-refractivity contribution in [3.63, 3.8) is 0 Å². The van der Waals surface area contributed by atoms with E-state index in [2.05, 4.69) is 73.3 Å². The van der Waals surface area contributed by atoms with E-state index in [-0.39, 0.29) is 29.0 Å². The van der Waals surface area contributed by atoms with Crippen molar-refractivity contribution in [1.82, 2.24) is 19.7 Å². The van der Waals surface area contributed by atoms with Crippen LogP contribution in [0.4, 0.5) is 10.5 Å². The molecule has 1 atom stereocenters. The predicted molar refractivity (Wildman–Crippen MR) is 162 cm³/mol. The Morgan fingerprint density at radius 3 is 2.46 bits per heavy atom. The van der Waals surface area contributed by atoms with Gasteiger partial charge in [-0.2, -0.15) is 0 Å². The zero-order valence-corrected chi connectivity index (χ0v) is 26.2. The molecule has 2 aromatic rings. The van der Waals surface area contributed by atoms with Crippen LogP contribution in [0.25, 0.3) is 0 Å². The fourth-order valence-electron chi connectivity index (χ4n) is 5.34. The number of urea groups is 1. The maximum absolute atomic E-state index is 13.5. The van der Waals surface area contributed by atoms with Gasteiger partial charge in [-0.25, -0.2) is 4.79 Å². The number of anilines is 1. The first-order valence-electron chi connectivity index (χ1n) is 14.8. The molecule has 2 fully saturated rings. The number of carbonyl (C=O) groups is 2. The Morgan fingerprint density at radius 1 is 1.07 bits per heavy atom. The molecule has 0 bridgehead atoms. The maximum Gasteiger partial charge on any atom is 0.320 e. The first-order chi connectivity index (χ1) is 19.5. The third-order valence-electron chi connectivity index (χ3n) is 9.00. The second kappa shape index (κ2) is 12.2. The third kappa shape index (κ3) is 7.17. The molecule has 1 aromatic heterocycles. The highest BCUT2D eigenvalue weighted by Crippen LogP contribution is 2.37. The minimum Gasteiger partial charge on any atom is -0.411 e. The fourth-order valence-corrected chi connectivity index (χ4v) is 6.67. The molecule has 2 saturated heterocycles. The molecule has 9 nitrogen and oxygen atoms in total. The Hall–Kier alpha value is -2.79. The second-order valence-corrected chi connectivity index (χ2v) is 17.9. The summed E-state index contributed by atoms with van der Waals surface area (Å²) >= 11 is 0. The van der Waals surface area contributed by atoms with Crippen LogP contribution >= 0.6 is 0 Å². The summed E-state index contributed by atoms with van der Waals surface area (Å²) in [6.07, 6.45) is 2.65. The first kappa shape index (κ1) is 29.7. The quantitative estimate of drug-likeness (QED) is 0.421. The largest absolute Gasteiger partial charge is 0.411 e. The van der Waals surface area contributed by atoms with E-state index in [0.717, 1.165) is 31.7 Å².